The zero-order valence-corrected chi connectivity index (χ0v) is 9.36. The molecule has 0 saturated carbocycles. The van der Waals surface area contributed by atoms with E-state index in [2.05, 4.69) is 27.4 Å². The molecule has 0 spiro atoms. The molecule has 0 amide bonds. The second kappa shape index (κ2) is 4.22. The lowest BCUT2D eigenvalue weighted by Crippen LogP contribution is -2.08. The van der Waals surface area contributed by atoms with Crippen LogP contribution in [0.4, 0.5) is 11.5 Å². The fourth-order valence-corrected chi connectivity index (χ4v) is 1.46. The third kappa shape index (κ3) is 2.13. The third-order valence-corrected chi connectivity index (χ3v) is 2.51. The molecule has 0 aromatic carbocycles. The monoisotopic (exact) mass is 217 g/mol. The molecule has 1 atom stereocenters. The lowest BCUT2D eigenvalue weighted by atomic mass is 10.2. The van der Waals surface area contributed by atoms with Gasteiger partial charge in [-0.1, -0.05) is 0 Å². The van der Waals surface area contributed by atoms with Crippen LogP contribution >= 0.6 is 0 Å². The first-order valence-electron chi connectivity index (χ1n) is 5.15. The summed E-state index contributed by atoms with van der Waals surface area (Å²) in [5.41, 5.74) is 8.35. The highest BCUT2D eigenvalue weighted by atomic mass is 15.1. The topological polar surface area (TPSA) is 79.6 Å². The van der Waals surface area contributed by atoms with E-state index in [-0.39, 0.29) is 6.04 Å². The summed E-state index contributed by atoms with van der Waals surface area (Å²) in [6.07, 6.45) is 3.66. The zero-order valence-electron chi connectivity index (χ0n) is 9.36. The van der Waals surface area contributed by atoms with Gasteiger partial charge in [0, 0.05) is 11.8 Å². The van der Waals surface area contributed by atoms with Gasteiger partial charge in [-0.05, 0) is 26.0 Å². The molecular formula is C11H15N5. The van der Waals surface area contributed by atoms with Crippen LogP contribution in [0.25, 0.3) is 0 Å². The highest BCUT2D eigenvalue weighted by Crippen LogP contribution is 2.18. The summed E-state index contributed by atoms with van der Waals surface area (Å²) >= 11 is 0. The summed E-state index contributed by atoms with van der Waals surface area (Å²) in [6, 6.07) is 3.89. The van der Waals surface area contributed by atoms with Crippen molar-refractivity contribution in [1.82, 2.24) is 15.2 Å². The maximum Gasteiger partial charge on any atom is 0.126 e. The lowest BCUT2D eigenvalue weighted by Gasteiger charge is -2.13. The molecule has 5 heteroatoms. The molecule has 0 aliphatic rings. The summed E-state index contributed by atoms with van der Waals surface area (Å²) < 4.78 is 0. The predicted octanol–water partition coefficient (Wildman–Crippen LogP) is 1.87. The fourth-order valence-electron chi connectivity index (χ4n) is 1.46. The SMILES string of the molecule is Cc1nc(NC(C)c2cn[nH]c2)ccc1N. The van der Waals surface area contributed by atoms with Gasteiger partial charge in [0.2, 0.25) is 0 Å². The third-order valence-electron chi connectivity index (χ3n) is 2.51. The summed E-state index contributed by atoms with van der Waals surface area (Å²) in [4.78, 5) is 4.36. The van der Waals surface area contributed by atoms with Crippen LogP contribution in [0.5, 0.6) is 0 Å². The van der Waals surface area contributed by atoms with E-state index in [4.69, 9.17) is 5.73 Å². The van der Waals surface area contributed by atoms with Gasteiger partial charge >= 0.3 is 0 Å². The molecule has 0 radical (unpaired) electrons. The van der Waals surface area contributed by atoms with E-state index in [1.54, 1.807) is 6.20 Å². The van der Waals surface area contributed by atoms with Crippen molar-refractivity contribution in [2.24, 2.45) is 0 Å². The van der Waals surface area contributed by atoms with Gasteiger partial charge in [0.05, 0.1) is 23.6 Å². The number of nitrogens with two attached hydrogens (primary N) is 1. The smallest absolute Gasteiger partial charge is 0.126 e. The molecule has 1 unspecified atom stereocenters. The van der Waals surface area contributed by atoms with Gasteiger partial charge in [-0.2, -0.15) is 5.10 Å². The Kier molecular flexibility index (Phi) is 2.76. The molecule has 5 nitrogen and oxygen atoms in total. The van der Waals surface area contributed by atoms with Gasteiger partial charge in [-0.15, -0.1) is 0 Å². The molecule has 2 heterocycles. The van der Waals surface area contributed by atoms with Crippen LogP contribution in [0.2, 0.25) is 0 Å². The predicted molar refractivity (Wildman–Crippen MR) is 64.0 cm³/mol. The normalized spacial score (nSPS) is 12.4. The quantitative estimate of drug-likeness (QED) is 0.733. The zero-order chi connectivity index (χ0) is 11.5. The Balaban J connectivity index is 2.12. The number of hydrogen-bond acceptors (Lipinski definition) is 4. The Morgan fingerprint density at radius 2 is 2.25 bits per heavy atom. The first kappa shape index (κ1) is 10.5. The van der Waals surface area contributed by atoms with Crippen LogP contribution in [-0.2, 0) is 0 Å². The van der Waals surface area contributed by atoms with Crippen molar-refractivity contribution >= 4 is 11.5 Å². The van der Waals surface area contributed by atoms with Gasteiger partial charge in [0.1, 0.15) is 5.82 Å². The number of anilines is 2. The second-order valence-corrected chi connectivity index (χ2v) is 3.77. The molecule has 2 aromatic rings. The second-order valence-electron chi connectivity index (χ2n) is 3.77. The van der Waals surface area contributed by atoms with Crippen molar-refractivity contribution in [3.8, 4) is 0 Å². The fraction of sp³-hybridized carbons (Fsp3) is 0.273. The Bertz CT molecular complexity index is 463. The molecule has 0 fully saturated rings. The lowest BCUT2D eigenvalue weighted by molar-refractivity contribution is 0.874. The standard InChI is InChI=1S/C11H15N5/c1-7(9-5-13-14-6-9)15-11-4-3-10(12)8(2)16-11/h3-7H,12H2,1-2H3,(H,13,14)(H,15,16). The summed E-state index contributed by atoms with van der Waals surface area (Å²) in [6.45, 7) is 3.95. The van der Waals surface area contributed by atoms with Crippen LogP contribution in [0.15, 0.2) is 24.5 Å². The van der Waals surface area contributed by atoms with Crippen molar-refractivity contribution in [3.05, 3.63) is 35.8 Å². The van der Waals surface area contributed by atoms with Crippen molar-refractivity contribution in [2.45, 2.75) is 19.9 Å². The van der Waals surface area contributed by atoms with Crippen LogP contribution in [-0.4, -0.2) is 15.2 Å². The first-order chi connectivity index (χ1) is 7.66. The minimum atomic E-state index is 0.161. The number of rotatable bonds is 3. The Labute approximate surface area is 94.1 Å². The maximum absolute atomic E-state index is 5.71. The van der Waals surface area contributed by atoms with E-state index in [0.29, 0.717) is 5.69 Å². The summed E-state index contributed by atoms with van der Waals surface area (Å²) in [5.74, 6) is 0.820. The van der Waals surface area contributed by atoms with Crippen LogP contribution in [0.3, 0.4) is 0 Å². The van der Waals surface area contributed by atoms with Crippen LogP contribution in [0, 0.1) is 6.92 Å². The molecule has 84 valence electrons. The van der Waals surface area contributed by atoms with Crippen LogP contribution < -0.4 is 11.1 Å². The van der Waals surface area contributed by atoms with Gasteiger partial charge in [-0.3, -0.25) is 5.10 Å². The minimum absolute atomic E-state index is 0.161. The number of hydrogen-bond donors (Lipinski definition) is 3. The van der Waals surface area contributed by atoms with Gasteiger partial charge in [0.25, 0.3) is 0 Å². The summed E-state index contributed by atoms with van der Waals surface area (Å²) in [5, 5.41) is 9.98. The van der Waals surface area contributed by atoms with E-state index >= 15 is 0 Å². The number of aryl methyl sites for hydroxylation is 1. The van der Waals surface area contributed by atoms with Gasteiger partial charge in [-0.25, -0.2) is 4.98 Å². The molecule has 0 aliphatic carbocycles. The largest absolute Gasteiger partial charge is 0.397 e. The average molecular weight is 217 g/mol. The van der Waals surface area contributed by atoms with E-state index in [9.17, 15) is 0 Å². The van der Waals surface area contributed by atoms with Crippen molar-refractivity contribution in [3.63, 3.8) is 0 Å². The molecule has 2 rings (SSSR count). The molecule has 2 aromatic heterocycles. The Morgan fingerprint density at radius 1 is 1.44 bits per heavy atom. The highest BCUT2D eigenvalue weighted by molar-refractivity contribution is 5.49. The number of nitrogen functional groups attached to an aromatic ring is 1. The highest BCUT2D eigenvalue weighted by Gasteiger charge is 2.07. The van der Waals surface area contributed by atoms with Gasteiger partial charge in [0.15, 0.2) is 0 Å². The van der Waals surface area contributed by atoms with E-state index in [1.165, 1.54) is 0 Å². The molecule has 0 saturated heterocycles. The van der Waals surface area contributed by atoms with E-state index in [1.807, 2.05) is 25.3 Å². The molecular weight excluding hydrogens is 202 g/mol. The number of aromatic amines is 1. The number of pyridine rings is 1. The van der Waals surface area contributed by atoms with E-state index in [0.717, 1.165) is 17.1 Å². The Hall–Kier alpha value is -2.04. The van der Waals surface area contributed by atoms with Crippen LogP contribution in [0.1, 0.15) is 24.2 Å². The van der Waals surface area contributed by atoms with E-state index < -0.39 is 0 Å². The molecule has 0 aliphatic heterocycles. The maximum atomic E-state index is 5.71. The number of nitrogens with one attached hydrogen (secondary N) is 2. The van der Waals surface area contributed by atoms with Gasteiger partial charge < -0.3 is 11.1 Å². The summed E-state index contributed by atoms with van der Waals surface area (Å²) in [7, 11) is 0. The number of aromatic nitrogens is 3. The first-order valence-corrected chi connectivity index (χ1v) is 5.15. The molecule has 0 bridgehead atoms. The van der Waals surface area contributed by atoms with Crippen molar-refractivity contribution < 1.29 is 0 Å². The minimum Gasteiger partial charge on any atom is -0.397 e. The number of H-pyrrole nitrogens is 1. The molecule has 4 N–H and O–H groups in total. The van der Waals surface area contributed by atoms with Crippen molar-refractivity contribution in [1.29, 1.82) is 0 Å². The Morgan fingerprint density at radius 3 is 2.88 bits per heavy atom. The molecule has 16 heavy (non-hydrogen) atoms. The van der Waals surface area contributed by atoms with Crippen molar-refractivity contribution in [2.75, 3.05) is 11.1 Å². The average Bonchev–Trinajstić information content (AvgIpc) is 2.77. The number of nitrogens with zero attached hydrogens (tertiary/aromatic N) is 2.